The first kappa shape index (κ1) is 9.01. The van der Waals surface area contributed by atoms with Crippen molar-refractivity contribution in [2.24, 2.45) is 5.92 Å². The molecule has 0 heterocycles. The van der Waals surface area contributed by atoms with Crippen LogP contribution in [-0.4, -0.2) is 23.8 Å². The fourth-order valence-electron chi connectivity index (χ4n) is 1.90. The first-order valence-electron chi connectivity index (χ1n) is 4.61. The molecule has 1 saturated carbocycles. The van der Waals surface area contributed by atoms with Crippen LogP contribution in [0, 0.1) is 5.92 Å². The van der Waals surface area contributed by atoms with Crippen LogP contribution in [0.4, 0.5) is 0 Å². The van der Waals surface area contributed by atoms with Crippen molar-refractivity contribution in [2.45, 2.75) is 45.2 Å². The molecule has 1 aliphatic carbocycles. The van der Waals surface area contributed by atoms with Gasteiger partial charge in [-0.15, -0.1) is 0 Å². The maximum absolute atomic E-state index is 9.01. The quantitative estimate of drug-likeness (QED) is 0.644. The van der Waals surface area contributed by atoms with Crippen molar-refractivity contribution in [1.29, 1.82) is 0 Å². The van der Waals surface area contributed by atoms with E-state index in [1.165, 1.54) is 19.3 Å². The Morgan fingerprint density at radius 3 is 2.73 bits per heavy atom. The molecule has 0 radical (unpaired) electrons. The van der Waals surface area contributed by atoms with Crippen molar-refractivity contribution in [3.63, 3.8) is 0 Å². The van der Waals surface area contributed by atoms with Crippen molar-refractivity contribution >= 4 is 0 Å². The minimum absolute atomic E-state index is 0.352. The highest BCUT2D eigenvalue weighted by molar-refractivity contribution is 4.83. The standard InChI is InChI=1S/C9H19NO/c1-7(2)10-9-5-3-4-8(9)6-11/h7-11H,3-6H2,1-2H3/t8-,9-/m0/s1. The monoisotopic (exact) mass is 157 g/mol. The normalized spacial score (nSPS) is 31.6. The number of aliphatic hydroxyl groups is 1. The van der Waals surface area contributed by atoms with Crippen LogP contribution in [-0.2, 0) is 0 Å². The minimum atomic E-state index is 0.352. The van der Waals surface area contributed by atoms with E-state index in [-0.39, 0.29) is 0 Å². The lowest BCUT2D eigenvalue weighted by Gasteiger charge is -2.21. The van der Waals surface area contributed by atoms with E-state index in [1.54, 1.807) is 0 Å². The summed E-state index contributed by atoms with van der Waals surface area (Å²) < 4.78 is 0. The van der Waals surface area contributed by atoms with E-state index in [9.17, 15) is 0 Å². The molecule has 66 valence electrons. The van der Waals surface area contributed by atoms with Gasteiger partial charge in [0.25, 0.3) is 0 Å². The molecule has 0 bridgehead atoms. The topological polar surface area (TPSA) is 32.3 Å². The summed E-state index contributed by atoms with van der Waals surface area (Å²) in [6.07, 6.45) is 3.71. The molecule has 0 amide bonds. The average molecular weight is 157 g/mol. The summed E-state index contributed by atoms with van der Waals surface area (Å²) in [5, 5.41) is 12.5. The summed E-state index contributed by atoms with van der Waals surface area (Å²) in [6.45, 7) is 4.67. The zero-order valence-corrected chi connectivity index (χ0v) is 7.51. The number of hydrogen-bond acceptors (Lipinski definition) is 2. The van der Waals surface area contributed by atoms with E-state index >= 15 is 0 Å². The second-order valence-corrected chi connectivity index (χ2v) is 3.80. The molecule has 0 aromatic carbocycles. The Morgan fingerprint density at radius 1 is 1.45 bits per heavy atom. The molecular formula is C9H19NO. The van der Waals surface area contributed by atoms with Crippen molar-refractivity contribution < 1.29 is 5.11 Å². The molecule has 2 heteroatoms. The molecule has 0 spiro atoms. The SMILES string of the molecule is CC(C)N[C@H]1CCC[C@H]1CO. The largest absolute Gasteiger partial charge is 0.396 e. The Kier molecular flexibility index (Phi) is 3.34. The third-order valence-electron chi connectivity index (χ3n) is 2.44. The van der Waals surface area contributed by atoms with E-state index in [1.807, 2.05) is 0 Å². The third kappa shape index (κ3) is 2.46. The van der Waals surface area contributed by atoms with Gasteiger partial charge in [0, 0.05) is 18.7 Å². The maximum Gasteiger partial charge on any atom is 0.0474 e. The highest BCUT2D eigenvalue weighted by atomic mass is 16.3. The van der Waals surface area contributed by atoms with Crippen molar-refractivity contribution in [3.05, 3.63) is 0 Å². The van der Waals surface area contributed by atoms with Gasteiger partial charge in [-0.1, -0.05) is 20.3 Å². The van der Waals surface area contributed by atoms with Crippen LogP contribution in [0.5, 0.6) is 0 Å². The molecule has 0 saturated heterocycles. The third-order valence-corrected chi connectivity index (χ3v) is 2.44. The molecule has 0 aliphatic heterocycles. The zero-order valence-electron chi connectivity index (χ0n) is 7.51. The minimum Gasteiger partial charge on any atom is -0.396 e. The van der Waals surface area contributed by atoms with E-state index in [0.717, 1.165) is 0 Å². The Bertz CT molecular complexity index is 114. The highest BCUT2D eigenvalue weighted by Gasteiger charge is 2.26. The number of rotatable bonds is 3. The van der Waals surface area contributed by atoms with Gasteiger partial charge in [0.05, 0.1) is 0 Å². The van der Waals surface area contributed by atoms with Crippen LogP contribution in [0.2, 0.25) is 0 Å². The van der Waals surface area contributed by atoms with Crippen molar-refractivity contribution in [1.82, 2.24) is 5.32 Å². The lowest BCUT2D eigenvalue weighted by atomic mass is 10.0. The van der Waals surface area contributed by atoms with Gasteiger partial charge in [-0.3, -0.25) is 0 Å². The molecule has 0 aromatic rings. The Labute approximate surface area is 69.0 Å². The molecule has 2 N–H and O–H groups in total. The van der Waals surface area contributed by atoms with Crippen LogP contribution in [0.25, 0.3) is 0 Å². The predicted octanol–water partition coefficient (Wildman–Crippen LogP) is 1.15. The summed E-state index contributed by atoms with van der Waals surface area (Å²) in [6, 6.07) is 1.12. The Hall–Kier alpha value is -0.0800. The van der Waals surface area contributed by atoms with Crippen LogP contribution < -0.4 is 5.32 Å². The zero-order chi connectivity index (χ0) is 8.27. The predicted molar refractivity (Wildman–Crippen MR) is 46.5 cm³/mol. The Balaban J connectivity index is 2.31. The molecule has 2 nitrogen and oxygen atoms in total. The van der Waals surface area contributed by atoms with E-state index in [2.05, 4.69) is 19.2 Å². The van der Waals surface area contributed by atoms with E-state index in [0.29, 0.717) is 24.6 Å². The fraction of sp³-hybridized carbons (Fsp3) is 1.00. The summed E-state index contributed by atoms with van der Waals surface area (Å²) >= 11 is 0. The number of hydrogen-bond donors (Lipinski definition) is 2. The van der Waals surface area contributed by atoms with E-state index < -0.39 is 0 Å². The summed E-state index contributed by atoms with van der Waals surface area (Å²) in [5.74, 6) is 0.511. The van der Waals surface area contributed by atoms with Gasteiger partial charge in [0.1, 0.15) is 0 Å². The summed E-state index contributed by atoms with van der Waals surface area (Å²) in [5.41, 5.74) is 0. The molecular weight excluding hydrogens is 138 g/mol. The summed E-state index contributed by atoms with van der Waals surface area (Å²) in [7, 11) is 0. The smallest absolute Gasteiger partial charge is 0.0474 e. The second kappa shape index (κ2) is 4.07. The molecule has 1 rings (SSSR count). The van der Waals surface area contributed by atoms with Gasteiger partial charge in [0.2, 0.25) is 0 Å². The van der Waals surface area contributed by atoms with Gasteiger partial charge < -0.3 is 10.4 Å². The van der Waals surface area contributed by atoms with Crippen LogP contribution >= 0.6 is 0 Å². The molecule has 0 aromatic heterocycles. The molecule has 1 fully saturated rings. The fourth-order valence-corrected chi connectivity index (χ4v) is 1.90. The first-order valence-corrected chi connectivity index (χ1v) is 4.61. The van der Waals surface area contributed by atoms with Crippen molar-refractivity contribution in [2.75, 3.05) is 6.61 Å². The van der Waals surface area contributed by atoms with Crippen LogP contribution in [0.15, 0.2) is 0 Å². The second-order valence-electron chi connectivity index (χ2n) is 3.80. The maximum atomic E-state index is 9.01. The lowest BCUT2D eigenvalue weighted by Crippen LogP contribution is -2.38. The molecule has 0 unspecified atom stereocenters. The van der Waals surface area contributed by atoms with Gasteiger partial charge in [-0.05, 0) is 18.8 Å². The number of nitrogens with one attached hydrogen (secondary N) is 1. The van der Waals surface area contributed by atoms with Crippen molar-refractivity contribution in [3.8, 4) is 0 Å². The summed E-state index contributed by atoms with van der Waals surface area (Å²) in [4.78, 5) is 0. The molecule has 1 aliphatic rings. The van der Waals surface area contributed by atoms with Gasteiger partial charge in [0.15, 0.2) is 0 Å². The molecule has 11 heavy (non-hydrogen) atoms. The Morgan fingerprint density at radius 2 is 2.18 bits per heavy atom. The number of aliphatic hydroxyl groups excluding tert-OH is 1. The first-order chi connectivity index (χ1) is 5.24. The average Bonchev–Trinajstić information content (AvgIpc) is 2.34. The highest BCUT2D eigenvalue weighted by Crippen LogP contribution is 2.25. The van der Waals surface area contributed by atoms with Gasteiger partial charge >= 0.3 is 0 Å². The lowest BCUT2D eigenvalue weighted by molar-refractivity contribution is 0.202. The van der Waals surface area contributed by atoms with E-state index in [4.69, 9.17) is 5.11 Å². The van der Waals surface area contributed by atoms with Gasteiger partial charge in [-0.2, -0.15) is 0 Å². The van der Waals surface area contributed by atoms with Crippen LogP contribution in [0.3, 0.4) is 0 Å². The molecule has 2 atom stereocenters. The van der Waals surface area contributed by atoms with Crippen LogP contribution in [0.1, 0.15) is 33.1 Å². The van der Waals surface area contributed by atoms with Gasteiger partial charge in [-0.25, -0.2) is 0 Å².